The second kappa shape index (κ2) is 5.71. The highest BCUT2D eigenvalue weighted by Gasteiger charge is 2.36. The van der Waals surface area contributed by atoms with Gasteiger partial charge in [0.2, 0.25) is 0 Å². The lowest BCUT2D eigenvalue weighted by atomic mass is 9.98. The van der Waals surface area contributed by atoms with Gasteiger partial charge in [-0.1, -0.05) is 0 Å². The minimum absolute atomic E-state index is 0.0569. The number of aliphatic hydroxyl groups excluding tert-OH is 1. The van der Waals surface area contributed by atoms with Crippen LogP contribution in [0.4, 0.5) is 13.2 Å². The molecule has 0 amide bonds. The van der Waals surface area contributed by atoms with E-state index in [9.17, 15) is 18.0 Å². The number of hydrogen-bond acceptors (Lipinski definition) is 4. The van der Waals surface area contributed by atoms with Crippen molar-refractivity contribution in [1.29, 1.82) is 5.26 Å². The van der Waals surface area contributed by atoms with E-state index in [0.717, 1.165) is 6.07 Å². The van der Waals surface area contributed by atoms with E-state index in [0.29, 0.717) is 6.07 Å². The van der Waals surface area contributed by atoms with E-state index in [1.807, 2.05) is 0 Å². The van der Waals surface area contributed by atoms with Crippen molar-refractivity contribution < 1.29 is 27.8 Å². The Labute approximate surface area is 107 Å². The lowest BCUT2D eigenvalue weighted by Gasteiger charge is -2.14. The summed E-state index contributed by atoms with van der Waals surface area (Å²) in [6.45, 7) is 0.736. The summed E-state index contributed by atoms with van der Waals surface area (Å²) in [5.41, 5.74) is -2.35. The molecule has 0 aliphatic rings. The second-order valence-electron chi connectivity index (χ2n) is 3.54. The number of nitrogens with zero attached hydrogens (tertiary/aromatic N) is 1. The van der Waals surface area contributed by atoms with Crippen LogP contribution in [0.15, 0.2) is 12.1 Å². The highest BCUT2D eigenvalue weighted by Crippen LogP contribution is 2.34. The first kappa shape index (κ1) is 15.0. The molecule has 0 aromatic heterocycles. The Morgan fingerprint density at radius 2 is 2.11 bits per heavy atom. The number of carbonyl (C=O) groups is 1. The maximum atomic E-state index is 12.8. The number of esters is 1. The van der Waals surface area contributed by atoms with Gasteiger partial charge in [-0.2, -0.15) is 18.4 Å². The van der Waals surface area contributed by atoms with Crippen molar-refractivity contribution in [3.63, 3.8) is 0 Å². The fourth-order valence-corrected chi connectivity index (χ4v) is 1.49. The molecule has 1 rings (SSSR count). The molecule has 1 aromatic rings. The van der Waals surface area contributed by atoms with E-state index in [1.54, 1.807) is 6.07 Å². The summed E-state index contributed by atoms with van der Waals surface area (Å²) < 4.78 is 43.0. The average molecular weight is 273 g/mol. The van der Waals surface area contributed by atoms with Gasteiger partial charge < -0.3 is 9.84 Å². The molecule has 0 heterocycles. The molecule has 0 bridgehead atoms. The molecule has 0 radical (unpaired) electrons. The maximum Gasteiger partial charge on any atom is 0.417 e. The number of benzene rings is 1. The third-order valence-corrected chi connectivity index (χ3v) is 2.33. The minimum Gasteiger partial charge on any atom is -0.462 e. The summed E-state index contributed by atoms with van der Waals surface area (Å²) >= 11 is 0. The first-order valence-corrected chi connectivity index (χ1v) is 5.27. The van der Waals surface area contributed by atoms with Crippen LogP contribution in [0.25, 0.3) is 0 Å². The Morgan fingerprint density at radius 1 is 1.47 bits per heavy atom. The lowest BCUT2D eigenvalue weighted by molar-refractivity contribution is -0.138. The lowest BCUT2D eigenvalue weighted by Crippen LogP contribution is -2.16. The van der Waals surface area contributed by atoms with Crippen LogP contribution in [0, 0.1) is 11.3 Å². The Balaban J connectivity index is 3.50. The van der Waals surface area contributed by atoms with Gasteiger partial charge in [0.15, 0.2) is 0 Å². The zero-order valence-corrected chi connectivity index (χ0v) is 9.91. The highest BCUT2D eigenvalue weighted by molar-refractivity contribution is 5.92. The summed E-state index contributed by atoms with van der Waals surface area (Å²) in [5.74, 6) is -1.14. The first-order valence-electron chi connectivity index (χ1n) is 5.27. The molecule has 19 heavy (non-hydrogen) atoms. The van der Waals surface area contributed by atoms with Gasteiger partial charge >= 0.3 is 12.1 Å². The molecule has 0 fully saturated rings. The quantitative estimate of drug-likeness (QED) is 0.857. The van der Waals surface area contributed by atoms with Crippen molar-refractivity contribution in [2.45, 2.75) is 19.7 Å². The number of halogens is 3. The van der Waals surface area contributed by atoms with E-state index in [4.69, 9.17) is 10.4 Å². The van der Waals surface area contributed by atoms with Crippen LogP contribution in [0.1, 0.15) is 34.0 Å². The molecule has 0 saturated carbocycles. The molecule has 7 heteroatoms. The number of nitriles is 1. The summed E-state index contributed by atoms with van der Waals surface area (Å²) in [5, 5.41) is 17.7. The zero-order valence-electron chi connectivity index (χ0n) is 9.91. The number of ether oxygens (including phenoxy) is 1. The number of rotatable bonds is 3. The maximum absolute atomic E-state index is 12.8. The molecule has 1 N–H and O–H groups in total. The summed E-state index contributed by atoms with van der Waals surface area (Å²) in [6.07, 6.45) is -4.79. The Kier molecular flexibility index (Phi) is 4.51. The summed E-state index contributed by atoms with van der Waals surface area (Å²) in [6, 6.07) is 2.92. The molecular weight excluding hydrogens is 263 g/mol. The number of hydrogen-bond donors (Lipinski definition) is 1. The van der Waals surface area contributed by atoms with Gasteiger partial charge in [0.05, 0.1) is 36.0 Å². The Bertz CT molecular complexity index is 532. The zero-order chi connectivity index (χ0) is 14.6. The molecule has 4 nitrogen and oxygen atoms in total. The van der Waals surface area contributed by atoms with Crippen LogP contribution >= 0.6 is 0 Å². The molecule has 0 atom stereocenters. The third kappa shape index (κ3) is 3.23. The van der Waals surface area contributed by atoms with Gasteiger partial charge in [0.1, 0.15) is 0 Å². The molecule has 0 saturated heterocycles. The van der Waals surface area contributed by atoms with Gasteiger partial charge in [-0.25, -0.2) is 4.79 Å². The van der Waals surface area contributed by atoms with Crippen molar-refractivity contribution in [3.05, 3.63) is 34.4 Å². The van der Waals surface area contributed by atoms with Crippen molar-refractivity contribution in [2.24, 2.45) is 0 Å². The Hall–Kier alpha value is -2.07. The highest BCUT2D eigenvalue weighted by atomic mass is 19.4. The van der Waals surface area contributed by atoms with E-state index in [2.05, 4.69) is 4.74 Å². The summed E-state index contributed by atoms with van der Waals surface area (Å²) in [4.78, 5) is 11.5. The van der Waals surface area contributed by atoms with Gasteiger partial charge in [-0.15, -0.1) is 0 Å². The number of aliphatic hydroxyl groups is 1. The standard InChI is InChI=1S/C12H10F3NO3/c1-2-19-11(18)9-3-8(6-17)7(5-16)4-10(9)12(13,14)15/h3-4,17H,2,6H2,1H3. The minimum atomic E-state index is -4.79. The van der Waals surface area contributed by atoms with Gasteiger partial charge in [0, 0.05) is 0 Å². The SMILES string of the molecule is CCOC(=O)c1cc(CO)c(C#N)cc1C(F)(F)F. The van der Waals surface area contributed by atoms with Gasteiger partial charge in [0.25, 0.3) is 0 Å². The Morgan fingerprint density at radius 3 is 2.53 bits per heavy atom. The van der Waals surface area contributed by atoms with Crippen LogP contribution in [0.2, 0.25) is 0 Å². The number of carbonyl (C=O) groups excluding carboxylic acids is 1. The van der Waals surface area contributed by atoms with Gasteiger partial charge in [-0.05, 0) is 24.6 Å². The number of alkyl halides is 3. The van der Waals surface area contributed by atoms with Crippen LogP contribution in [-0.4, -0.2) is 17.7 Å². The first-order chi connectivity index (χ1) is 8.85. The molecule has 0 unspecified atom stereocenters. The molecule has 102 valence electrons. The van der Waals surface area contributed by atoms with E-state index < -0.39 is 29.9 Å². The van der Waals surface area contributed by atoms with Crippen LogP contribution < -0.4 is 0 Å². The molecular formula is C12H10F3NO3. The average Bonchev–Trinajstić information content (AvgIpc) is 2.36. The molecule has 0 aliphatic carbocycles. The molecule has 1 aromatic carbocycles. The molecule has 0 aliphatic heterocycles. The smallest absolute Gasteiger partial charge is 0.417 e. The van der Waals surface area contributed by atoms with Crippen molar-refractivity contribution >= 4 is 5.97 Å². The summed E-state index contributed by atoms with van der Waals surface area (Å²) in [7, 11) is 0. The normalized spacial score (nSPS) is 10.9. The predicted molar refractivity (Wildman–Crippen MR) is 58.0 cm³/mol. The largest absolute Gasteiger partial charge is 0.462 e. The van der Waals surface area contributed by atoms with Crippen LogP contribution in [0.5, 0.6) is 0 Å². The topological polar surface area (TPSA) is 70.3 Å². The fourth-order valence-electron chi connectivity index (χ4n) is 1.49. The monoisotopic (exact) mass is 273 g/mol. The predicted octanol–water partition coefficient (Wildman–Crippen LogP) is 2.25. The van der Waals surface area contributed by atoms with E-state index in [1.165, 1.54) is 6.92 Å². The fraction of sp³-hybridized carbons (Fsp3) is 0.333. The van der Waals surface area contributed by atoms with Crippen LogP contribution in [-0.2, 0) is 17.5 Å². The second-order valence-corrected chi connectivity index (χ2v) is 3.54. The van der Waals surface area contributed by atoms with E-state index >= 15 is 0 Å². The third-order valence-electron chi connectivity index (χ3n) is 2.33. The van der Waals surface area contributed by atoms with Gasteiger partial charge in [-0.3, -0.25) is 0 Å². The molecule has 0 spiro atoms. The van der Waals surface area contributed by atoms with Crippen molar-refractivity contribution in [1.82, 2.24) is 0 Å². The van der Waals surface area contributed by atoms with Crippen LogP contribution in [0.3, 0.4) is 0 Å². The van der Waals surface area contributed by atoms with Crippen molar-refractivity contribution in [2.75, 3.05) is 6.61 Å². The van der Waals surface area contributed by atoms with Crippen molar-refractivity contribution in [3.8, 4) is 6.07 Å². The van der Waals surface area contributed by atoms with E-state index in [-0.39, 0.29) is 17.7 Å².